The Bertz CT molecular complexity index is 727. The number of para-hydroxylation sites is 2. The minimum Gasteiger partial charge on any atom is -0.362 e. The van der Waals surface area contributed by atoms with Gasteiger partial charge in [0, 0.05) is 19.3 Å². The summed E-state index contributed by atoms with van der Waals surface area (Å²) in [6, 6.07) is 14.2. The molecule has 5 heteroatoms. The van der Waals surface area contributed by atoms with Crippen LogP contribution in [0.1, 0.15) is 18.5 Å². The molecule has 2 aromatic rings. The van der Waals surface area contributed by atoms with Gasteiger partial charge in [0.05, 0.1) is 30.2 Å². The third kappa shape index (κ3) is 3.51. The average molecular weight is 336 g/mol. The molecule has 4 rings (SSSR count). The summed E-state index contributed by atoms with van der Waals surface area (Å²) in [4.78, 5) is 23.8. The van der Waals surface area contributed by atoms with Gasteiger partial charge in [0.25, 0.3) is 0 Å². The highest BCUT2D eigenvalue weighted by Crippen LogP contribution is 2.33. The van der Waals surface area contributed by atoms with Crippen LogP contribution >= 0.6 is 0 Å². The van der Waals surface area contributed by atoms with Crippen LogP contribution in [-0.4, -0.2) is 48.5 Å². The van der Waals surface area contributed by atoms with E-state index in [9.17, 15) is 4.79 Å². The zero-order chi connectivity index (χ0) is 17.1. The van der Waals surface area contributed by atoms with Crippen molar-refractivity contribution in [1.29, 1.82) is 0 Å². The Kier molecular flexibility index (Phi) is 4.65. The van der Waals surface area contributed by atoms with Crippen LogP contribution < -0.4 is 9.80 Å². The SMILES string of the molecule is O=C(CN1CCCC1)N1CCN(Cc2ccccn2)c2ccccc21. The quantitative estimate of drug-likeness (QED) is 0.860. The highest BCUT2D eigenvalue weighted by molar-refractivity contribution is 5.99. The summed E-state index contributed by atoms with van der Waals surface area (Å²) in [5.41, 5.74) is 3.19. The van der Waals surface area contributed by atoms with Gasteiger partial charge in [0.1, 0.15) is 0 Å². The van der Waals surface area contributed by atoms with Crippen LogP contribution in [-0.2, 0) is 11.3 Å². The third-order valence-corrected chi connectivity index (χ3v) is 5.04. The van der Waals surface area contributed by atoms with Crippen LogP contribution in [0.5, 0.6) is 0 Å². The number of carbonyl (C=O) groups excluding carboxylic acids is 1. The zero-order valence-electron chi connectivity index (χ0n) is 14.5. The summed E-state index contributed by atoms with van der Waals surface area (Å²) >= 11 is 0. The van der Waals surface area contributed by atoms with Crippen molar-refractivity contribution in [3.05, 3.63) is 54.4 Å². The lowest BCUT2D eigenvalue weighted by Crippen LogP contribution is -2.47. The van der Waals surface area contributed by atoms with Gasteiger partial charge in [0.2, 0.25) is 5.91 Å². The topological polar surface area (TPSA) is 39.7 Å². The summed E-state index contributed by atoms with van der Waals surface area (Å²) in [6.07, 6.45) is 4.25. The second kappa shape index (κ2) is 7.23. The van der Waals surface area contributed by atoms with E-state index >= 15 is 0 Å². The fourth-order valence-corrected chi connectivity index (χ4v) is 3.75. The second-order valence-corrected chi connectivity index (χ2v) is 6.76. The molecule has 0 saturated carbocycles. The number of benzene rings is 1. The molecule has 3 heterocycles. The Morgan fingerprint density at radius 3 is 2.44 bits per heavy atom. The van der Waals surface area contributed by atoms with Gasteiger partial charge in [-0.25, -0.2) is 0 Å². The molecule has 130 valence electrons. The number of hydrogen-bond acceptors (Lipinski definition) is 4. The summed E-state index contributed by atoms with van der Waals surface area (Å²) in [5.74, 6) is 0.215. The Morgan fingerprint density at radius 1 is 0.920 bits per heavy atom. The molecule has 0 bridgehead atoms. The normalized spacial score (nSPS) is 17.6. The molecule has 25 heavy (non-hydrogen) atoms. The minimum atomic E-state index is 0.215. The predicted octanol–water partition coefficient (Wildman–Crippen LogP) is 2.53. The molecule has 0 spiro atoms. The molecular formula is C20H24N4O. The largest absolute Gasteiger partial charge is 0.362 e. The molecule has 5 nitrogen and oxygen atoms in total. The first-order valence-corrected chi connectivity index (χ1v) is 9.08. The fraction of sp³-hybridized carbons (Fsp3) is 0.400. The van der Waals surface area contributed by atoms with Crippen LogP contribution in [0.15, 0.2) is 48.7 Å². The van der Waals surface area contributed by atoms with Crippen molar-refractivity contribution in [2.75, 3.05) is 42.5 Å². The van der Waals surface area contributed by atoms with E-state index in [1.54, 1.807) is 0 Å². The molecule has 1 aromatic heterocycles. The average Bonchev–Trinajstić information content (AvgIpc) is 3.16. The molecule has 1 fully saturated rings. The van der Waals surface area contributed by atoms with Crippen LogP contribution in [0.4, 0.5) is 11.4 Å². The first-order chi connectivity index (χ1) is 12.3. The molecule has 1 amide bonds. The van der Waals surface area contributed by atoms with Gasteiger partial charge in [-0.1, -0.05) is 18.2 Å². The van der Waals surface area contributed by atoms with Crippen LogP contribution in [0, 0.1) is 0 Å². The van der Waals surface area contributed by atoms with Crippen LogP contribution in [0.2, 0.25) is 0 Å². The van der Waals surface area contributed by atoms with Crippen LogP contribution in [0.3, 0.4) is 0 Å². The molecule has 1 saturated heterocycles. The van der Waals surface area contributed by atoms with Crippen molar-refractivity contribution < 1.29 is 4.79 Å². The predicted molar refractivity (Wildman–Crippen MR) is 99.8 cm³/mol. The number of anilines is 2. The van der Waals surface area contributed by atoms with E-state index in [0.717, 1.165) is 49.8 Å². The van der Waals surface area contributed by atoms with Gasteiger partial charge in [-0.3, -0.25) is 14.7 Å². The Hall–Kier alpha value is -2.40. The number of hydrogen-bond donors (Lipinski definition) is 0. The molecule has 2 aliphatic rings. The number of nitrogens with zero attached hydrogens (tertiary/aromatic N) is 4. The summed E-state index contributed by atoms with van der Waals surface area (Å²) in [5, 5.41) is 0. The summed E-state index contributed by atoms with van der Waals surface area (Å²) in [6.45, 7) is 4.97. The molecular weight excluding hydrogens is 312 g/mol. The fourth-order valence-electron chi connectivity index (χ4n) is 3.75. The number of likely N-dealkylation sites (tertiary alicyclic amines) is 1. The smallest absolute Gasteiger partial charge is 0.241 e. The maximum Gasteiger partial charge on any atom is 0.241 e. The molecule has 1 aromatic carbocycles. The lowest BCUT2D eigenvalue weighted by molar-refractivity contribution is -0.119. The van der Waals surface area contributed by atoms with E-state index in [2.05, 4.69) is 26.9 Å². The summed E-state index contributed by atoms with van der Waals surface area (Å²) in [7, 11) is 0. The lowest BCUT2D eigenvalue weighted by atomic mass is 10.1. The third-order valence-electron chi connectivity index (χ3n) is 5.04. The number of pyridine rings is 1. The van der Waals surface area contributed by atoms with E-state index in [1.165, 1.54) is 12.8 Å². The molecule has 0 unspecified atom stereocenters. The highest BCUT2D eigenvalue weighted by atomic mass is 16.2. The van der Waals surface area contributed by atoms with Crippen molar-refractivity contribution in [2.45, 2.75) is 19.4 Å². The first-order valence-electron chi connectivity index (χ1n) is 9.08. The van der Waals surface area contributed by atoms with Crippen molar-refractivity contribution in [3.63, 3.8) is 0 Å². The van der Waals surface area contributed by atoms with Gasteiger partial charge in [-0.05, 0) is 50.2 Å². The van der Waals surface area contributed by atoms with Crippen molar-refractivity contribution in [1.82, 2.24) is 9.88 Å². The van der Waals surface area contributed by atoms with E-state index in [0.29, 0.717) is 6.54 Å². The second-order valence-electron chi connectivity index (χ2n) is 6.76. The Balaban J connectivity index is 1.53. The van der Waals surface area contributed by atoms with E-state index < -0.39 is 0 Å². The highest BCUT2D eigenvalue weighted by Gasteiger charge is 2.28. The van der Waals surface area contributed by atoms with Gasteiger partial charge in [0.15, 0.2) is 0 Å². The minimum absolute atomic E-state index is 0.215. The maximum atomic E-state index is 12.8. The van der Waals surface area contributed by atoms with E-state index in [1.807, 2.05) is 41.4 Å². The molecule has 0 atom stereocenters. The van der Waals surface area contributed by atoms with Crippen molar-refractivity contribution in [3.8, 4) is 0 Å². The standard InChI is InChI=1S/C20H24N4O/c25-20(16-22-11-5-6-12-22)24-14-13-23(15-17-7-3-4-10-21-17)18-8-1-2-9-19(18)24/h1-4,7-10H,5-6,11-16H2. The first kappa shape index (κ1) is 16.1. The van der Waals surface area contributed by atoms with Gasteiger partial charge >= 0.3 is 0 Å². The van der Waals surface area contributed by atoms with Crippen molar-refractivity contribution in [2.24, 2.45) is 0 Å². The van der Waals surface area contributed by atoms with Gasteiger partial charge in [-0.2, -0.15) is 0 Å². The Labute approximate surface area is 148 Å². The van der Waals surface area contributed by atoms with Gasteiger partial charge in [-0.15, -0.1) is 0 Å². The van der Waals surface area contributed by atoms with E-state index in [4.69, 9.17) is 0 Å². The van der Waals surface area contributed by atoms with Crippen LogP contribution in [0.25, 0.3) is 0 Å². The monoisotopic (exact) mass is 336 g/mol. The number of fused-ring (bicyclic) bond motifs is 1. The van der Waals surface area contributed by atoms with Gasteiger partial charge < -0.3 is 9.80 Å². The van der Waals surface area contributed by atoms with Crippen molar-refractivity contribution >= 4 is 17.3 Å². The molecule has 0 aliphatic carbocycles. The number of aromatic nitrogens is 1. The molecule has 0 radical (unpaired) electrons. The molecule has 0 N–H and O–H groups in total. The van der Waals surface area contributed by atoms with E-state index in [-0.39, 0.29) is 5.91 Å². The Morgan fingerprint density at radius 2 is 1.68 bits per heavy atom. The number of carbonyl (C=O) groups is 1. The molecule has 2 aliphatic heterocycles. The maximum absolute atomic E-state index is 12.8. The lowest BCUT2D eigenvalue weighted by Gasteiger charge is -2.38. The number of amides is 1. The number of rotatable bonds is 4. The zero-order valence-corrected chi connectivity index (χ0v) is 14.5. The summed E-state index contributed by atoms with van der Waals surface area (Å²) < 4.78 is 0.